The molecule has 0 atom stereocenters. The fraction of sp³-hybridized carbons (Fsp3) is 0.966. The lowest BCUT2D eigenvalue weighted by Gasteiger charge is -2.63. The fourth-order valence-corrected chi connectivity index (χ4v) is 66.7. The van der Waals surface area contributed by atoms with Gasteiger partial charge in [-0.1, -0.05) is 940 Å². The maximum atomic E-state index is 4.13. The molecule has 0 aromatic carbocycles. The maximum absolute atomic E-state index is 4.13. The van der Waals surface area contributed by atoms with E-state index in [2.05, 4.69) is 940 Å². The third-order valence-electron chi connectivity index (χ3n) is 10.8. The first-order valence-electron chi connectivity index (χ1n) is 18.1. The average Bonchev–Trinajstić information content (AvgIpc) is 3.29. The summed E-state index contributed by atoms with van der Waals surface area (Å²) >= 11 is 237. The standard InChI is InChI=1S/C29Br59/c30-1(31)2(32,33)3(34,35)4(36,37)5(38,39)6(40,41)7(42,43)8(44,45)9(46,47)10(48,49)11(50,51)12(52,53)13(54,55)14(56,57)15(58,59)16(60,61)17(62,63)18(64,65)19(66,67)20(68,69)21(70,71)22(72,73)23(74,75)24(76,77)25(78,79)26(80,81)27(82,83)28(84,85)29(86,87)88. The molecule has 0 N–H and O–H groups in total. The van der Waals surface area contributed by atoms with Gasteiger partial charge in [0.25, 0.3) is 0 Å². The molecule has 0 saturated carbocycles. The summed E-state index contributed by atoms with van der Waals surface area (Å²) in [6.07, 6.45) is 0. The summed E-state index contributed by atoms with van der Waals surface area (Å²) in [4.78, 5) is 0. The Morgan fingerprint density at radius 3 is 0.239 bits per heavy atom. The van der Waals surface area contributed by atoms with E-state index < -0.39 is 89.4 Å². The lowest BCUT2D eigenvalue weighted by atomic mass is 9.99. The first-order valence-corrected chi connectivity index (χ1v) is 64.9. The van der Waals surface area contributed by atoms with Crippen molar-refractivity contribution in [2.24, 2.45) is 0 Å². The van der Waals surface area contributed by atoms with Crippen LogP contribution in [0.5, 0.6) is 0 Å². The van der Waals surface area contributed by atoms with Gasteiger partial charge >= 0.3 is 0 Å². The van der Waals surface area contributed by atoms with Crippen LogP contribution in [0.4, 0.5) is 0 Å². The summed E-state index contributed by atoms with van der Waals surface area (Å²) in [5.41, 5.74) is 0. The van der Waals surface area contributed by atoms with Crippen molar-refractivity contribution in [1.29, 1.82) is 0 Å². The van der Waals surface area contributed by atoms with Crippen LogP contribution >= 0.6 is 940 Å². The van der Waals surface area contributed by atoms with Crippen molar-refractivity contribution in [3.05, 3.63) is 3.74 Å². The number of alkyl halides is 57. The van der Waals surface area contributed by atoms with Crippen LogP contribution < -0.4 is 0 Å². The van der Waals surface area contributed by atoms with Crippen LogP contribution in [0.2, 0.25) is 0 Å². The highest BCUT2D eigenvalue weighted by atomic mass is 80.0. The van der Waals surface area contributed by atoms with Crippen molar-refractivity contribution in [2.45, 2.75) is 89.4 Å². The van der Waals surface area contributed by atoms with Crippen molar-refractivity contribution in [1.82, 2.24) is 0 Å². The Morgan fingerprint density at radius 1 is 0.102 bits per heavy atom. The van der Waals surface area contributed by atoms with Crippen LogP contribution in [-0.2, 0) is 0 Å². The molecule has 0 rings (SSSR count). The molecule has 59 heteroatoms. The van der Waals surface area contributed by atoms with E-state index in [1.54, 1.807) is 0 Å². The van der Waals surface area contributed by atoms with Crippen molar-refractivity contribution in [2.75, 3.05) is 0 Å². The van der Waals surface area contributed by atoms with Crippen molar-refractivity contribution in [3.63, 3.8) is 0 Å². The predicted octanol–water partition coefficient (Wildman–Crippen LogP) is 44.2. The third kappa shape index (κ3) is 19.1. The van der Waals surface area contributed by atoms with Gasteiger partial charge in [0, 0.05) is 0 Å². The molecule has 0 bridgehead atoms. The Bertz CT molecular complexity index is 2500. The molecule has 88 heavy (non-hydrogen) atoms. The molecule has 0 unspecified atom stereocenters. The Balaban J connectivity index is 8.35. The van der Waals surface area contributed by atoms with E-state index in [1.165, 1.54) is 0 Å². The summed E-state index contributed by atoms with van der Waals surface area (Å²) in [6, 6.07) is 0. The first kappa shape index (κ1) is 116. The highest BCUT2D eigenvalue weighted by Crippen LogP contribution is 2.87. The molecular weight excluding hydrogens is 5060 g/mol. The van der Waals surface area contributed by atoms with E-state index in [9.17, 15) is 0 Å². The van der Waals surface area contributed by atoms with Crippen LogP contribution in [0.25, 0.3) is 0 Å². The lowest BCUT2D eigenvalue weighted by molar-refractivity contribution is 0.506. The summed E-state index contributed by atoms with van der Waals surface area (Å²) in [5.74, 6) is 0. The van der Waals surface area contributed by atoms with E-state index >= 15 is 0 Å². The van der Waals surface area contributed by atoms with Gasteiger partial charge in [-0.2, -0.15) is 0 Å². The van der Waals surface area contributed by atoms with E-state index in [1.807, 2.05) is 0 Å². The van der Waals surface area contributed by atoms with E-state index in [0.29, 0.717) is 3.74 Å². The summed E-state index contributed by atoms with van der Waals surface area (Å²) in [6.45, 7) is 0. The number of rotatable bonds is 27. The van der Waals surface area contributed by atoms with E-state index in [0.717, 1.165) is 0 Å². The van der Waals surface area contributed by atoms with Gasteiger partial charge in [-0.05, 0) is 0 Å². The summed E-state index contributed by atoms with van der Waals surface area (Å²) in [7, 11) is 0. The number of hydrogen-bond donors (Lipinski definition) is 0. The molecular formula is C29Br59. The molecule has 1 radical (unpaired) electrons. The molecule has 0 saturated heterocycles. The van der Waals surface area contributed by atoms with Gasteiger partial charge < -0.3 is 0 Å². The Kier molecular flexibility index (Phi) is 50.1. The van der Waals surface area contributed by atoms with Gasteiger partial charge in [-0.15, -0.1) is 0 Å². The summed E-state index contributed by atoms with van der Waals surface area (Å²) in [5, 5.41) is 0. The third-order valence-corrected chi connectivity index (χ3v) is 138. The van der Waals surface area contributed by atoms with E-state index in [4.69, 9.17) is 0 Å². The summed E-state index contributed by atoms with van der Waals surface area (Å²) < 4.78 is -37.9. The second-order valence-corrected chi connectivity index (χ2v) is 119. The van der Waals surface area contributed by atoms with Crippen LogP contribution in [-0.4, -0.2) is 89.4 Å². The average molecular weight is 5060 g/mol. The molecule has 0 aliphatic rings. The zero-order valence-corrected chi connectivity index (χ0v) is 130. The molecule has 0 heterocycles. The van der Waals surface area contributed by atoms with Crippen molar-refractivity contribution in [3.8, 4) is 0 Å². The van der Waals surface area contributed by atoms with Gasteiger partial charge in [0.15, 0.2) is 2.14 Å². The predicted molar refractivity (Wildman–Crippen MR) is 606 cm³/mol. The fourth-order valence-electron chi connectivity index (χ4n) is 5.23. The molecule has 0 aromatic heterocycles. The van der Waals surface area contributed by atoms with Gasteiger partial charge in [0.2, 0.25) is 0 Å². The second kappa shape index (κ2) is 37.9. The molecule has 529 valence electrons. The zero-order chi connectivity index (χ0) is 73.6. The SMILES string of the molecule is Br[C](Br)C(Br)(Br)C(Br)(Br)C(Br)(Br)C(Br)(Br)C(Br)(Br)C(Br)(Br)C(Br)(Br)C(Br)(Br)C(Br)(Br)C(Br)(Br)C(Br)(Br)C(Br)(Br)C(Br)(Br)C(Br)(Br)C(Br)(Br)C(Br)(Br)C(Br)(Br)C(Br)(Br)C(Br)(Br)C(Br)(Br)C(Br)(Br)C(Br)(Br)C(Br)(Br)C(Br)(Br)C(Br)(Br)C(Br)(Br)C(Br)(Br)C(Br)(Br)Br. The first-order chi connectivity index (χ1) is 36.7. The minimum atomic E-state index is -1.51. The van der Waals surface area contributed by atoms with Gasteiger partial charge in [0.05, 0.1) is 0 Å². The van der Waals surface area contributed by atoms with Crippen molar-refractivity contribution >= 4 is 940 Å². The van der Waals surface area contributed by atoms with Crippen LogP contribution in [0.1, 0.15) is 0 Å². The Hall–Kier alpha value is 28.3. The minimum Gasteiger partial charge on any atom is -0.0675 e. The van der Waals surface area contributed by atoms with Crippen molar-refractivity contribution < 1.29 is 0 Å². The molecule has 0 amide bonds. The molecule has 0 aliphatic heterocycles. The monoisotopic (exact) mass is 5000 g/mol. The highest BCUT2D eigenvalue weighted by Gasteiger charge is 2.88. The van der Waals surface area contributed by atoms with Crippen LogP contribution in [0.3, 0.4) is 0 Å². The van der Waals surface area contributed by atoms with Gasteiger partial charge in [0.1, 0.15) is 91.0 Å². The Morgan fingerprint density at radius 2 is 0.170 bits per heavy atom. The highest BCUT2D eigenvalue weighted by molar-refractivity contribution is 9.45. The molecule has 0 aliphatic carbocycles. The number of hydrogen-bond acceptors (Lipinski definition) is 0. The smallest absolute Gasteiger partial charge is 0.0675 e. The largest absolute Gasteiger partial charge is 0.162 e. The molecule has 0 fully saturated rings. The topological polar surface area (TPSA) is 0 Å². The maximum Gasteiger partial charge on any atom is 0.162 e. The lowest BCUT2D eigenvalue weighted by Crippen LogP contribution is -2.75. The van der Waals surface area contributed by atoms with Gasteiger partial charge in [-0.25, -0.2) is 0 Å². The Labute approximate surface area is 1010 Å². The second-order valence-electron chi connectivity index (χ2n) is 16.3. The molecule has 0 nitrogen and oxygen atoms in total. The minimum absolute atomic E-state index is 0.594. The van der Waals surface area contributed by atoms with Gasteiger partial charge in [-0.3, -0.25) is 0 Å². The normalized spacial score (nSPS) is 17.6. The molecule has 0 aromatic rings. The quantitative estimate of drug-likeness (QED) is 0.0719. The zero-order valence-electron chi connectivity index (χ0n) is 36.8. The van der Waals surface area contributed by atoms with Crippen LogP contribution in [0, 0.1) is 3.74 Å². The molecule has 0 spiro atoms. The number of halogens is 59. The van der Waals surface area contributed by atoms with Crippen LogP contribution in [0.15, 0.2) is 0 Å². The van der Waals surface area contributed by atoms with E-state index in [-0.39, 0.29) is 0 Å².